The Morgan fingerprint density at radius 3 is 2.62 bits per heavy atom. The molecule has 6 nitrogen and oxygen atoms in total. The van der Waals surface area contributed by atoms with Gasteiger partial charge in [0.25, 0.3) is 5.78 Å². The number of aryl methyl sites for hydroxylation is 2. The van der Waals surface area contributed by atoms with Gasteiger partial charge < -0.3 is 5.32 Å². The standard InChI is InChI=1S/C18H19N5O/c1-11(24)13-7-9-14(10-8-13)20-17-15-5-3-4-6-16(15)21-18-19-12(2)22-23(17)18/h7-10,20H,3-6H2,1-2H3. The van der Waals surface area contributed by atoms with Gasteiger partial charge in [0, 0.05) is 16.8 Å². The molecule has 24 heavy (non-hydrogen) atoms. The summed E-state index contributed by atoms with van der Waals surface area (Å²) < 4.78 is 1.79. The highest BCUT2D eigenvalue weighted by molar-refractivity contribution is 5.94. The quantitative estimate of drug-likeness (QED) is 0.750. The second-order valence-corrected chi connectivity index (χ2v) is 6.22. The summed E-state index contributed by atoms with van der Waals surface area (Å²) in [5, 5.41) is 7.95. The zero-order valence-electron chi connectivity index (χ0n) is 13.8. The number of nitrogens with one attached hydrogen (secondary N) is 1. The van der Waals surface area contributed by atoms with Gasteiger partial charge in [-0.3, -0.25) is 4.79 Å². The number of anilines is 2. The van der Waals surface area contributed by atoms with Crippen molar-refractivity contribution in [1.82, 2.24) is 19.6 Å². The summed E-state index contributed by atoms with van der Waals surface area (Å²) in [5.74, 6) is 2.35. The number of rotatable bonds is 3. The van der Waals surface area contributed by atoms with E-state index in [4.69, 9.17) is 0 Å². The molecule has 6 heteroatoms. The van der Waals surface area contributed by atoms with Crippen LogP contribution in [0.15, 0.2) is 24.3 Å². The Kier molecular flexibility index (Phi) is 3.52. The third kappa shape index (κ3) is 2.54. The number of hydrogen-bond acceptors (Lipinski definition) is 5. The fraction of sp³-hybridized carbons (Fsp3) is 0.333. The molecule has 4 rings (SSSR count). The van der Waals surface area contributed by atoms with Crippen molar-refractivity contribution in [1.29, 1.82) is 0 Å². The molecule has 0 unspecified atom stereocenters. The number of hydrogen-bond donors (Lipinski definition) is 1. The SMILES string of the molecule is CC(=O)c1ccc(Nc2c3c(nc4nc(C)nn24)CCCC3)cc1. The highest BCUT2D eigenvalue weighted by atomic mass is 16.1. The lowest BCUT2D eigenvalue weighted by atomic mass is 9.96. The highest BCUT2D eigenvalue weighted by Crippen LogP contribution is 2.29. The molecular formula is C18H19N5O. The van der Waals surface area contributed by atoms with Gasteiger partial charge in [-0.1, -0.05) is 0 Å². The molecule has 0 bridgehead atoms. The van der Waals surface area contributed by atoms with Crippen LogP contribution >= 0.6 is 0 Å². The van der Waals surface area contributed by atoms with Crippen LogP contribution in [0.1, 0.15) is 47.2 Å². The number of benzene rings is 1. The van der Waals surface area contributed by atoms with Crippen LogP contribution in [0.4, 0.5) is 11.5 Å². The van der Waals surface area contributed by atoms with Crippen LogP contribution in [0.3, 0.4) is 0 Å². The van der Waals surface area contributed by atoms with Gasteiger partial charge in [0.05, 0.1) is 5.69 Å². The molecule has 0 aliphatic heterocycles. The molecule has 0 amide bonds. The molecular weight excluding hydrogens is 302 g/mol. The van der Waals surface area contributed by atoms with E-state index in [-0.39, 0.29) is 5.78 Å². The fourth-order valence-electron chi connectivity index (χ4n) is 3.20. The molecule has 0 radical (unpaired) electrons. The van der Waals surface area contributed by atoms with Gasteiger partial charge in [0.1, 0.15) is 11.6 Å². The van der Waals surface area contributed by atoms with Gasteiger partial charge in [-0.25, -0.2) is 4.98 Å². The van der Waals surface area contributed by atoms with Crippen LogP contribution in [0, 0.1) is 6.92 Å². The van der Waals surface area contributed by atoms with E-state index in [9.17, 15) is 4.79 Å². The molecule has 0 saturated heterocycles. The van der Waals surface area contributed by atoms with Gasteiger partial charge in [-0.15, -0.1) is 5.10 Å². The lowest BCUT2D eigenvalue weighted by molar-refractivity contribution is 0.101. The summed E-state index contributed by atoms with van der Waals surface area (Å²) in [6, 6.07) is 7.51. The van der Waals surface area contributed by atoms with Crippen molar-refractivity contribution in [2.24, 2.45) is 0 Å². The van der Waals surface area contributed by atoms with Crippen LogP contribution < -0.4 is 5.32 Å². The molecule has 1 aromatic carbocycles. The molecule has 1 aliphatic rings. The molecule has 2 aromatic heterocycles. The fourth-order valence-corrected chi connectivity index (χ4v) is 3.20. The second-order valence-electron chi connectivity index (χ2n) is 6.22. The van der Waals surface area contributed by atoms with Gasteiger partial charge in [0.2, 0.25) is 0 Å². The summed E-state index contributed by atoms with van der Waals surface area (Å²) in [7, 11) is 0. The average Bonchev–Trinajstić information content (AvgIpc) is 2.95. The number of ketones is 1. The van der Waals surface area contributed by atoms with E-state index >= 15 is 0 Å². The van der Waals surface area contributed by atoms with Crippen molar-refractivity contribution in [3.63, 3.8) is 0 Å². The number of nitrogens with zero attached hydrogens (tertiary/aromatic N) is 4. The van der Waals surface area contributed by atoms with Crippen molar-refractivity contribution in [2.75, 3.05) is 5.32 Å². The minimum atomic E-state index is 0.0668. The summed E-state index contributed by atoms with van der Waals surface area (Å²) in [6.45, 7) is 3.45. The Labute approximate surface area is 139 Å². The van der Waals surface area contributed by atoms with Gasteiger partial charge in [-0.05, 0) is 63.8 Å². The van der Waals surface area contributed by atoms with Crippen molar-refractivity contribution >= 4 is 23.1 Å². The first-order valence-electron chi connectivity index (χ1n) is 8.25. The normalized spacial score (nSPS) is 13.8. The second kappa shape index (κ2) is 5.70. The number of aromatic nitrogens is 4. The van der Waals surface area contributed by atoms with Gasteiger partial charge >= 0.3 is 0 Å². The predicted molar refractivity (Wildman–Crippen MR) is 91.9 cm³/mol. The topological polar surface area (TPSA) is 72.2 Å². The van der Waals surface area contributed by atoms with Crippen molar-refractivity contribution in [3.8, 4) is 0 Å². The highest BCUT2D eigenvalue weighted by Gasteiger charge is 2.20. The molecule has 2 heterocycles. The minimum Gasteiger partial charge on any atom is -0.340 e. The maximum atomic E-state index is 11.4. The number of Topliss-reactive ketones (excluding diaryl/α,β-unsaturated/α-hetero) is 1. The monoisotopic (exact) mass is 321 g/mol. The lowest BCUT2D eigenvalue weighted by Crippen LogP contribution is -2.13. The Balaban J connectivity index is 1.81. The maximum absolute atomic E-state index is 11.4. The van der Waals surface area contributed by atoms with Crippen molar-refractivity contribution < 1.29 is 4.79 Å². The molecule has 0 spiro atoms. The van der Waals surface area contributed by atoms with E-state index in [0.29, 0.717) is 17.2 Å². The minimum absolute atomic E-state index is 0.0668. The smallest absolute Gasteiger partial charge is 0.254 e. The van der Waals surface area contributed by atoms with E-state index < -0.39 is 0 Å². The Morgan fingerprint density at radius 2 is 1.88 bits per heavy atom. The molecule has 122 valence electrons. The molecule has 1 aliphatic carbocycles. The van der Waals surface area contributed by atoms with E-state index in [1.807, 2.05) is 31.2 Å². The van der Waals surface area contributed by atoms with E-state index in [1.165, 1.54) is 5.56 Å². The van der Waals surface area contributed by atoms with E-state index in [2.05, 4.69) is 20.4 Å². The van der Waals surface area contributed by atoms with E-state index in [1.54, 1.807) is 11.4 Å². The first kappa shape index (κ1) is 14.8. The predicted octanol–water partition coefficient (Wildman–Crippen LogP) is 3.26. The molecule has 1 N–H and O–H groups in total. The summed E-state index contributed by atoms with van der Waals surface area (Å²) in [4.78, 5) is 20.5. The molecule has 3 aromatic rings. The zero-order valence-corrected chi connectivity index (χ0v) is 13.8. The van der Waals surface area contributed by atoms with Crippen LogP contribution in [0.2, 0.25) is 0 Å². The zero-order chi connectivity index (χ0) is 16.7. The number of carbonyl (C=O) groups excluding carboxylic acids is 1. The van der Waals surface area contributed by atoms with Crippen LogP contribution in [0.5, 0.6) is 0 Å². The average molecular weight is 321 g/mol. The van der Waals surface area contributed by atoms with Crippen LogP contribution in [0.25, 0.3) is 5.78 Å². The third-order valence-corrected chi connectivity index (χ3v) is 4.42. The Morgan fingerprint density at radius 1 is 1.12 bits per heavy atom. The first-order chi connectivity index (χ1) is 11.6. The first-order valence-corrected chi connectivity index (χ1v) is 8.25. The lowest BCUT2D eigenvalue weighted by Gasteiger charge is -2.20. The number of carbonyl (C=O) groups is 1. The molecule has 0 fully saturated rings. The Bertz CT molecular complexity index is 927. The van der Waals surface area contributed by atoms with Crippen molar-refractivity contribution in [2.45, 2.75) is 39.5 Å². The summed E-state index contributed by atoms with van der Waals surface area (Å²) >= 11 is 0. The summed E-state index contributed by atoms with van der Waals surface area (Å²) in [5.41, 5.74) is 3.96. The van der Waals surface area contributed by atoms with Gasteiger partial charge in [0.15, 0.2) is 5.78 Å². The maximum Gasteiger partial charge on any atom is 0.254 e. The Hall–Kier alpha value is -2.76. The van der Waals surface area contributed by atoms with Crippen LogP contribution in [-0.2, 0) is 12.8 Å². The largest absolute Gasteiger partial charge is 0.340 e. The van der Waals surface area contributed by atoms with Gasteiger partial charge in [-0.2, -0.15) is 9.50 Å². The summed E-state index contributed by atoms with van der Waals surface area (Å²) in [6.07, 6.45) is 4.29. The van der Waals surface area contributed by atoms with E-state index in [0.717, 1.165) is 42.9 Å². The molecule has 0 saturated carbocycles. The van der Waals surface area contributed by atoms with Crippen LogP contribution in [-0.4, -0.2) is 25.4 Å². The number of fused-ring (bicyclic) bond motifs is 2. The molecule has 0 atom stereocenters. The third-order valence-electron chi connectivity index (χ3n) is 4.42. The van der Waals surface area contributed by atoms with Crippen molar-refractivity contribution in [3.05, 3.63) is 46.9 Å².